The maximum atomic E-state index is 5.87. The molecule has 0 bridgehead atoms. The summed E-state index contributed by atoms with van der Waals surface area (Å²) in [5.74, 6) is 1.45. The highest BCUT2D eigenvalue weighted by Crippen LogP contribution is 2.29. The van der Waals surface area contributed by atoms with E-state index in [0.717, 1.165) is 15.8 Å². The molecule has 0 radical (unpaired) electrons. The van der Waals surface area contributed by atoms with Gasteiger partial charge in [0.25, 0.3) is 0 Å². The summed E-state index contributed by atoms with van der Waals surface area (Å²) in [6.07, 6.45) is 0. The van der Waals surface area contributed by atoms with Crippen molar-refractivity contribution in [3.8, 4) is 11.5 Å². The van der Waals surface area contributed by atoms with E-state index >= 15 is 0 Å². The summed E-state index contributed by atoms with van der Waals surface area (Å²) in [5, 5.41) is 0. The molecule has 0 heterocycles. The van der Waals surface area contributed by atoms with E-state index in [1.807, 2.05) is 36.4 Å². The van der Waals surface area contributed by atoms with Crippen LogP contribution in [0.2, 0.25) is 0 Å². The van der Waals surface area contributed by atoms with Gasteiger partial charge in [0.05, 0.1) is 5.56 Å². The second kappa shape index (κ2) is 5.72. The van der Waals surface area contributed by atoms with E-state index in [1.165, 1.54) is 11.1 Å². The van der Waals surface area contributed by atoms with E-state index in [2.05, 4.69) is 29.8 Å². The van der Waals surface area contributed by atoms with Crippen molar-refractivity contribution in [2.24, 2.45) is 5.73 Å². The Morgan fingerprint density at radius 1 is 1.11 bits per heavy atom. The van der Waals surface area contributed by atoms with Gasteiger partial charge in [0.15, 0.2) is 0 Å². The molecule has 2 aromatic carbocycles. The Hall–Kier alpha value is -1.39. The molecule has 0 aliphatic heterocycles. The largest absolute Gasteiger partial charge is 0.457 e. The zero-order valence-electron chi connectivity index (χ0n) is 10.7. The highest BCUT2D eigenvalue weighted by Gasteiger charge is 2.09. The highest BCUT2D eigenvalue weighted by atomic mass is 79.9. The molecule has 4 heteroatoms. The lowest BCUT2D eigenvalue weighted by Gasteiger charge is -2.12. The summed E-state index contributed by atoms with van der Waals surface area (Å²) < 4.78 is 6.79. The second-order valence-electron chi connectivity index (χ2n) is 4.35. The third kappa shape index (κ3) is 3.33. The molecule has 19 heavy (non-hydrogen) atoms. The van der Waals surface area contributed by atoms with Crippen molar-refractivity contribution in [3.05, 3.63) is 57.6 Å². The summed E-state index contributed by atoms with van der Waals surface area (Å²) in [4.78, 5) is 0.320. The third-order valence-electron chi connectivity index (χ3n) is 2.91. The minimum atomic E-state index is 0.320. The van der Waals surface area contributed by atoms with Gasteiger partial charge in [-0.05, 0) is 55.3 Å². The Kier molecular flexibility index (Phi) is 4.22. The third-order valence-corrected chi connectivity index (χ3v) is 3.63. The van der Waals surface area contributed by atoms with Crippen molar-refractivity contribution in [1.82, 2.24) is 0 Å². The van der Waals surface area contributed by atoms with E-state index in [0.29, 0.717) is 10.7 Å². The standard InChI is InChI=1S/C15H14BrNOS/c1-9-3-5-12(7-10(9)2)18-14-6-4-11(16)8-13(14)15(17)19/h3-8H,1-2H3,(H2,17,19). The average molecular weight is 336 g/mol. The van der Waals surface area contributed by atoms with Crippen LogP contribution in [0.5, 0.6) is 11.5 Å². The van der Waals surface area contributed by atoms with Crippen molar-refractivity contribution >= 4 is 33.1 Å². The molecule has 0 atom stereocenters. The number of benzene rings is 2. The van der Waals surface area contributed by atoms with E-state index in [9.17, 15) is 0 Å². The molecule has 0 aromatic heterocycles. The molecular weight excluding hydrogens is 322 g/mol. The normalized spacial score (nSPS) is 10.3. The van der Waals surface area contributed by atoms with Crippen LogP contribution in [0.25, 0.3) is 0 Å². The number of nitrogens with two attached hydrogens (primary N) is 1. The van der Waals surface area contributed by atoms with Crippen LogP contribution in [0.3, 0.4) is 0 Å². The molecule has 2 rings (SSSR count). The van der Waals surface area contributed by atoms with Gasteiger partial charge in [-0.15, -0.1) is 0 Å². The Balaban J connectivity index is 2.37. The first-order valence-electron chi connectivity index (χ1n) is 5.82. The minimum Gasteiger partial charge on any atom is -0.457 e. The smallest absolute Gasteiger partial charge is 0.137 e. The summed E-state index contributed by atoms with van der Waals surface area (Å²) >= 11 is 8.45. The zero-order chi connectivity index (χ0) is 14.0. The van der Waals surface area contributed by atoms with Gasteiger partial charge in [0, 0.05) is 4.47 Å². The fraction of sp³-hybridized carbons (Fsp3) is 0.133. The van der Waals surface area contributed by atoms with Gasteiger partial charge in [0.1, 0.15) is 16.5 Å². The molecule has 98 valence electrons. The Morgan fingerprint density at radius 3 is 2.47 bits per heavy atom. The van der Waals surface area contributed by atoms with E-state index in [4.69, 9.17) is 22.7 Å². The monoisotopic (exact) mass is 335 g/mol. The molecule has 0 amide bonds. The summed E-state index contributed by atoms with van der Waals surface area (Å²) in [6.45, 7) is 4.12. The number of halogens is 1. The molecule has 0 unspecified atom stereocenters. The summed E-state index contributed by atoms with van der Waals surface area (Å²) in [7, 11) is 0. The van der Waals surface area contributed by atoms with Crippen LogP contribution in [-0.4, -0.2) is 4.99 Å². The molecule has 0 aliphatic carbocycles. The van der Waals surface area contributed by atoms with Crippen LogP contribution in [0.15, 0.2) is 40.9 Å². The molecule has 2 aromatic rings. The quantitative estimate of drug-likeness (QED) is 0.839. The average Bonchev–Trinajstić information content (AvgIpc) is 2.36. The number of thiocarbonyl (C=S) groups is 1. The van der Waals surface area contributed by atoms with Crippen molar-refractivity contribution in [1.29, 1.82) is 0 Å². The molecule has 0 spiro atoms. The number of aryl methyl sites for hydroxylation is 2. The van der Waals surface area contributed by atoms with Crippen molar-refractivity contribution < 1.29 is 4.74 Å². The van der Waals surface area contributed by atoms with Crippen molar-refractivity contribution in [2.75, 3.05) is 0 Å². The van der Waals surface area contributed by atoms with Gasteiger partial charge < -0.3 is 10.5 Å². The number of ether oxygens (including phenoxy) is 1. The van der Waals surface area contributed by atoms with Crippen LogP contribution < -0.4 is 10.5 Å². The highest BCUT2D eigenvalue weighted by molar-refractivity contribution is 9.10. The van der Waals surface area contributed by atoms with E-state index in [-0.39, 0.29) is 0 Å². The molecule has 2 nitrogen and oxygen atoms in total. The maximum absolute atomic E-state index is 5.87. The molecule has 0 fully saturated rings. The van der Waals surface area contributed by atoms with Gasteiger partial charge in [0.2, 0.25) is 0 Å². The first-order chi connectivity index (χ1) is 8.97. The second-order valence-corrected chi connectivity index (χ2v) is 5.71. The molecular formula is C15H14BrNOS. The van der Waals surface area contributed by atoms with Gasteiger partial charge in [-0.1, -0.05) is 34.2 Å². The Labute approximate surface area is 126 Å². The SMILES string of the molecule is Cc1ccc(Oc2ccc(Br)cc2C(N)=S)cc1C. The van der Waals surface area contributed by atoms with Gasteiger partial charge in [-0.25, -0.2) is 0 Å². The fourth-order valence-electron chi connectivity index (χ4n) is 1.69. The number of hydrogen-bond acceptors (Lipinski definition) is 2. The van der Waals surface area contributed by atoms with Crippen molar-refractivity contribution in [2.45, 2.75) is 13.8 Å². The number of hydrogen-bond donors (Lipinski definition) is 1. The topological polar surface area (TPSA) is 35.2 Å². The predicted molar refractivity (Wildman–Crippen MR) is 86.0 cm³/mol. The van der Waals surface area contributed by atoms with Gasteiger partial charge in [-0.3, -0.25) is 0 Å². The Bertz CT molecular complexity index is 640. The molecule has 2 N–H and O–H groups in total. The lowest BCUT2D eigenvalue weighted by atomic mass is 10.1. The van der Waals surface area contributed by atoms with Crippen LogP contribution >= 0.6 is 28.1 Å². The van der Waals surface area contributed by atoms with E-state index < -0.39 is 0 Å². The molecule has 0 saturated heterocycles. The predicted octanol–water partition coefficient (Wildman–Crippen LogP) is 4.49. The van der Waals surface area contributed by atoms with E-state index in [1.54, 1.807) is 0 Å². The minimum absolute atomic E-state index is 0.320. The number of rotatable bonds is 3. The first kappa shape index (κ1) is 14.0. The van der Waals surface area contributed by atoms with Gasteiger partial charge >= 0.3 is 0 Å². The van der Waals surface area contributed by atoms with Crippen LogP contribution in [0.4, 0.5) is 0 Å². The maximum Gasteiger partial charge on any atom is 0.137 e. The lowest BCUT2D eigenvalue weighted by Crippen LogP contribution is -2.10. The first-order valence-corrected chi connectivity index (χ1v) is 7.02. The summed E-state index contributed by atoms with van der Waals surface area (Å²) in [6, 6.07) is 11.6. The molecule has 0 aliphatic rings. The van der Waals surface area contributed by atoms with Gasteiger partial charge in [-0.2, -0.15) is 0 Å². The fourth-order valence-corrected chi connectivity index (χ4v) is 2.21. The molecule has 0 saturated carbocycles. The Morgan fingerprint density at radius 2 is 1.84 bits per heavy atom. The van der Waals surface area contributed by atoms with Crippen LogP contribution in [0, 0.1) is 13.8 Å². The van der Waals surface area contributed by atoms with Crippen LogP contribution in [-0.2, 0) is 0 Å². The van der Waals surface area contributed by atoms with Crippen LogP contribution in [0.1, 0.15) is 16.7 Å². The lowest BCUT2D eigenvalue weighted by molar-refractivity contribution is 0.481. The zero-order valence-corrected chi connectivity index (χ0v) is 13.1. The van der Waals surface area contributed by atoms with Crippen molar-refractivity contribution in [3.63, 3.8) is 0 Å². The summed E-state index contributed by atoms with van der Waals surface area (Å²) in [5.41, 5.74) is 8.87.